The number of aromatic nitrogens is 3. The van der Waals surface area contributed by atoms with Gasteiger partial charge in [-0.05, 0) is 12.8 Å². The van der Waals surface area contributed by atoms with E-state index in [0.29, 0.717) is 16.7 Å². The van der Waals surface area contributed by atoms with Gasteiger partial charge in [0.25, 0.3) is 5.91 Å². The fourth-order valence-corrected chi connectivity index (χ4v) is 4.34. The summed E-state index contributed by atoms with van der Waals surface area (Å²) in [6.45, 7) is 4.59. The van der Waals surface area contributed by atoms with Gasteiger partial charge in [-0.1, -0.05) is 28.3 Å². The molecule has 0 spiro atoms. The fourth-order valence-electron chi connectivity index (χ4n) is 2.52. The van der Waals surface area contributed by atoms with E-state index in [1.165, 1.54) is 11.3 Å². The van der Waals surface area contributed by atoms with E-state index in [9.17, 15) is 4.79 Å². The normalized spacial score (nSPS) is 18.4. The van der Waals surface area contributed by atoms with E-state index in [0.717, 1.165) is 61.5 Å². The van der Waals surface area contributed by atoms with Crippen LogP contribution in [0.1, 0.15) is 35.0 Å². The highest BCUT2D eigenvalue weighted by atomic mass is 32.2. The van der Waals surface area contributed by atoms with Crippen LogP contribution in [0.3, 0.4) is 0 Å². The molecule has 134 valence electrons. The average Bonchev–Trinajstić information content (AvgIpc) is 3.18. The first-order chi connectivity index (χ1) is 12.3. The van der Waals surface area contributed by atoms with Crippen molar-refractivity contribution in [2.45, 2.75) is 23.1 Å². The Kier molecular flexibility index (Phi) is 5.30. The maximum absolute atomic E-state index is 12.2. The lowest BCUT2D eigenvalue weighted by Crippen LogP contribution is -2.37. The van der Waals surface area contributed by atoms with Crippen molar-refractivity contribution in [1.29, 1.82) is 0 Å². The van der Waals surface area contributed by atoms with Gasteiger partial charge in [0.15, 0.2) is 10.0 Å². The molecule has 8 nitrogen and oxygen atoms in total. The molecule has 1 saturated heterocycles. The Morgan fingerprint density at radius 1 is 1.36 bits per heavy atom. The molecule has 1 amide bonds. The first-order valence-electron chi connectivity index (χ1n) is 8.32. The molecule has 10 heteroatoms. The van der Waals surface area contributed by atoms with Gasteiger partial charge in [-0.2, -0.15) is 0 Å². The molecule has 1 aliphatic carbocycles. The molecule has 0 bridgehead atoms. The number of carbonyl (C=O) groups excluding carboxylic acids is 1. The number of ether oxygens (including phenoxy) is 1. The number of hydrogen-bond donors (Lipinski definition) is 1. The summed E-state index contributed by atoms with van der Waals surface area (Å²) in [6, 6.07) is 1.71. The van der Waals surface area contributed by atoms with E-state index in [4.69, 9.17) is 9.26 Å². The minimum absolute atomic E-state index is 0.290. The molecule has 0 atom stereocenters. The topological polar surface area (TPSA) is 93.4 Å². The highest BCUT2D eigenvalue weighted by Gasteiger charge is 2.29. The second kappa shape index (κ2) is 7.81. The Bertz CT molecular complexity index is 724. The molecule has 2 aromatic heterocycles. The van der Waals surface area contributed by atoms with Crippen LogP contribution in [0.5, 0.6) is 0 Å². The summed E-state index contributed by atoms with van der Waals surface area (Å²) in [4.78, 5) is 14.6. The van der Waals surface area contributed by atoms with Crippen molar-refractivity contribution >= 4 is 34.1 Å². The molecule has 0 radical (unpaired) electrons. The summed E-state index contributed by atoms with van der Waals surface area (Å²) in [6.07, 6.45) is 2.22. The highest BCUT2D eigenvalue weighted by Crippen LogP contribution is 2.40. The molecule has 3 heterocycles. The van der Waals surface area contributed by atoms with Crippen LogP contribution in [0.2, 0.25) is 0 Å². The average molecular weight is 381 g/mol. The summed E-state index contributed by atoms with van der Waals surface area (Å²) in [5.41, 5.74) is 0.290. The molecule has 2 aliphatic rings. The zero-order valence-electron chi connectivity index (χ0n) is 13.6. The van der Waals surface area contributed by atoms with Crippen molar-refractivity contribution in [3.8, 4) is 0 Å². The van der Waals surface area contributed by atoms with Crippen molar-refractivity contribution in [3.05, 3.63) is 17.5 Å². The van der Waals surface area contributed by atoms with Crippen molar-refractivity contribution in [2.24, 2.45) is 0 Å². The molecule has 1 N–H and O–H groups in total. The van der Waals surface area contributed by atoms with Crippen molar-refractivity contribution < 1.29 is 14.1 Å². The van der Waals surface area contributed by atoms with Gasteiger partial charge in [0, 0.05) is 37.4 Å². The van der Waals surface area contributed by atoms with Gasteiger partial charge >= 0.3 is 0 Å². The van der Waals surface area contributed by atoms with E-state index in [1.807, 2.05) is 0 Å². The largest absolute Gasteiger partial charge is 0.379 e. The molecule has 2 aromatic rings. The number of hydrogen-bond acceptors (Lipinski definition) is 9. The second-order valence-electron chi connectivity index (χ2n) is 6.02. The fraction of sp³-hybridized carbons (Fsp3) is 0.600. The van der Waals surface area contributed by atoms with Gasteiger partial charge in [0.2, 0.25) is 5.13 Å². The highest BCUT2D eigenvalue weighted by molar-refractivity contribution is 8.01. The molecule has 1 aliphatic heterocycles. The van der Waals surface area contributed by atoms with Gasteiger partial charge in [-0.15, -0.1) is 10.2 Å². The summed E-state index contributed by atoms with van der Waals surface area (Å²) in [7, 11) is 0. The van der Waals surface area contributed by atoms with Gasteiger partial charge in [0.05, 0.1) is 13.2 Å². The van der Waals surface area contributed by atoms with Crippen LogP contribution < -0.4 is 5.32 Å². The van der Waals surface area contributed by atoms with E-state index in [1.54, 1.807) is 17.8 Å². The van der Waals surface area contributed by atoms with E-state index in [-0.39, 0.29) is 5.91 Å². The first-order valence-corrected chi connectivity index (χ1v) is 10.1. The van der Waals surface area contributed by atoms with Crippen molar-refractivity contribution in [1.82, 2.24) is 20.3 Å². The minimum atomic E-state index is -0.309. The van der Waals surface area contributed by atoms with Gasteiger partial charge < -0.3 is 9.26 Å². The predicted molar refractivity (Wildman–Crippen MR) is 94.3 cm³/mol. The van der Waals surface area contributed by atoms with Crippen LogP contribution in [0.15, 0.2) is 14.9 Å². The zero-order valence-corrected chi connectivity index (χ0v) is 15.3. The van der Waals surface area contributed by atoms with E-state index in [2.05, 4.69) is 25.6 Å². The quantitative estimate of drug-likeness (QED) is 0.576. The van der Waals surface area contributed by atoms with Crippen LogP contribution in [0.25, 0.3) is 0 Å². The number of carbonyl (C=O) groups is 1. The lowest BCUT2D eigenvalue weighted by atomic mass is 10.3. The summed E-state index contributed by atoms with van der Waals surface area (Å²) in [5.74, 6) is 1.86. The van der Waals surface area contributed by atoms with Gasteiger partial charge in [-0.3, -0.25) is 15.0 Å². The number of morpholine rings is 1. The number of amides is 1. The number of rotatable bonds is 7. The van der Waals surface area contributed by atoms with Crippen molar-refractivity contribution in [3.63, 3.8) is 0 Å². The number of nitrogens with zero attached hydrogens (tertiary/aromatic N) is 4. The summed E-state index contributed by atoms with van der Waals surface area (Å²) < 4.78 is 11.4. The second-order valence-corrected chi connectivity index (χ2v) is 8.34. The number of nitrogens with one attached hydrogen (secondary N) is 1. The Hall–Kier alpha value is -1.49. The van der Waals surface area contributed by atoms with Crippen LogP contribution >= 0.6 is 23.1 Å². The third-order valence-electron chi connectivity index (χ3n) is 4.10. The zero-order chi connectivity index (χ0) is 17.1. The molecule has 25 heavy (non-hydrogen) atoms. The van der Waals surface area contributed by atoms with Gasteiger partial charge in [-0.25, -0.2) is 0 Å². The van der Waals surface area contributed by atoms with Gasteiger partial charge in [0.1, 0.15) is 5.76 Å². The Morgan fingerprint density at radius 3 is 3.00 bits per heavy atom. The maximum atomic E-state index is 12.2. The molecule has 4 rings (SSSR count). The third-order valence-corrected chi connectivity index (χ3v) is 6.06. The first kappa shape index (κ1) is 17.0. The summed E-state index contributed by atoms with van der Waals surface area (Å²) >= 11 is 3.03. The van der Waals surface area contributed by atoms with Crippen LogP contribution in [0.4, 0.5) is 5.13 Å². The lowest BCUT2D eigenvalue weighted by Gasteiger charge is -2.25. The smallest absolute Gasteiger partial charge is 0.279 e. The molecular formula is C15H19N5O3S2. The molecule has 0 aromatic carbocycles. The molecule has 2 fully saturated rings. The molecular weight excluding hydrogens is 362 g/mol. The molecule has 0 unspecified atom stereocenters. The van der Waals surface area contributed by atoms with Crippen LogP contribution in [-0.4, -0.2) is 64.8 Å². The Morgan fingerprint density at radius 2 is 2.20 bits per heavy atom. The minimum Gasteiger partial charge on any atom is -0.379 e. The Balaban J connectivity index is 1.24. The monoisotopic (exact) mass is 381 g/mol. The third kappa shape index (κ3) is 4.57. The number of anilines is 1. The maximum Gasteiger partial charge on any atom is 0.279 e. The molecule has 1 saturated carbocycles. The van der Waals surface area contributed by atoms with E-state index < -0.39 is 0 Å². The van der Waals surface area contributed by atoms with Crippen LogP contribution in [0, 0.1) is 0 Å². The van der Waals surface area contributed by atoms with Crippen LogP contribution in [-0.2, 0) is 4.74 Å². The Labute approximate surface area is 153 Å². The SMILES string of the molecule is O=C(Nc1nnc(SCCN2CCOCC2)s1)c1cc(C2CC2)on1. The summed E-state index contributed by atoms with van der Waals surface area (Å²) in [5, 5.41) is 15.2. The van der Waals surface area contributed by atoms with E-state index >= 15 is 0 Å². The number of thioether (sulfide) groups is 1. The lowest BCUT2D eigenvalue weighted by molar-refractivity contribution is 0.0410. The standard InChI is InChI=1S/C15H19N5O3S2/c21-13(11-9-12(23-19-11)10-1-2-10)16-14-17-18-15(25-14)24-8-5-20-3-6-22-7-4-20/h9-10H,1-8H2,(H,16,17,21). The predicted octanol–water partition coefficient (Wildman–Crippen LogP) is 2.08. The van der Waals surface area contributed by atoms with Crippen molar-refractivity contribution in [2.75, 3.05) is 43.9 Å².